The summed E-state index contributed by atoms with van der Waals surface area (Å²) in [6.07, 6.45) is 2.19. The minimum absolute atomic E-state index is 0.0114. The van der Waals surface area contributed by atoms with Crippen LogP contribution in [0, 0.1) is 6.92 Å². The summed E-state index contributed by atoms with van der Waals surface area (Å²) < 4.78 is 0.769. The highest BCUT2D eigenvalue weighted by Crippen LogP contribution is 2.16. The van der Waals surface area contributed by atoms with Crippen LogP contribution in [0.5, 0.6) is 0 Å². The summed E-state index contributed by atoms with van der Waals surface area (Å²) in [6, 6.07) is 3.65. The maximum absolute atomic E-state index is 11.5. The van der Waals surface area contributed by atoms with Crippen molar-refractivity contribution in [3.05, 3.63) is 22.4 Å². The molecule has 0 aliphatic rings. The van der Waals surface area contributed by atoms with Gasteiger partial charge in [0.25, 0.3) is 0 Å². The van der Waals surface area contributed by atoms with Gasteiger partial charge in [0.2, 0.25) is 5.91 Å². The summed E-state index contributed by atoms with van der Waals surface area (Å²) >= 11 is 8.82. The molecule has 1 aromatic heterocycles. The van der Waals surface area contributed by atoms with Crippen molar-refractivity contribution < 1.29 is 4.79 Å². The van der Waals surface area contributed by atoms with Gasteiger partial charge in [0.1, 0.15) is 4.60 Å². The van der Waals surface area contributed by atoms with Gasteiger partial charge in [0, 0.05) is 12.3 Å². The van der Waals surface area contributed by atoms with Crippen LogP contribution in [0.25, 0.3) is 0 Å². The van der Waals surface area contributed by atoms with E-state index < -0.39 is 0 Å². The number of unbranched alkanes of at least 4 members (excludes halogenated alkanes) is 1. The van der Waals surface area contributed by atoms with Crippen LogP contribution in [0.4, 0.5) is 5.69 Å². The van der Waals surface area contributed by atoms with Gasteiger partial charge in [-0.1, -0.05) is 0 Å². The highest BCUT2D eigenvalue weighted by molar-refractivity contribution is 9.10. The number of nitrogens with zero attached hydrogens (tertiary/aromatic N) is 1. The summed E-state index contributed by atoms with van der Waals surface area (Å²) in [5, 5.41) is 2.83. The number of carbonyl (C=O) groups excluding carboxylic acids is 1. The molecule has 0 saturated heterocycles. The van der Waals surface area contributed by atoms with Crippen molar-refractivity contribution in [2.24, 2.45) is 0 Å². The molecule has 3 nitrogen and oxygen atoms in total. The van der Waals surface area contributed by atoms with E-state index in [1.54, 1.807) is 6.07 Å². The van der Waals surface area contributed by atoms with Crippen molar-refractivity contribution in [1.82, 2.24) is 4.98 Å². The fraction of sp³-hybridized carbons (Fsp3) is 0.455. The number of carbonyl (C=O) groups is 1. The van der Waals surface area contributed by atoms with E-state index in [0.717, 1.165) is 28.8 Å². The Morgan fingerprint density at radius 2 is 2.25 bits per heavy atom. The Kier molecular flexibility index (Phi) is 5.77. The second-order valence-electron chi connectivity index (χ2n) is 3.46. The number of hydrogen-bond acceptors (Lipinski definition) is 2. The van der Waals surface area contributed by atoms with E-state index in [2.05, 4.69) is 26.2 Å². The number of halogens is 2. The van der Waals surface area contributed by atoms with Crippen LogP contribution in [-0.2, 0) is 4.79 Å². The van der Waals surface area contributed by atoms with Crippen molar-refractivity contribution in [1.29, 1.82) is 0 Å². The molecule has 16 heavy (non-hydrogen) atoms. The SMILES string of the molecule is Cc1nc(Br)ccc1NC(=O)CCCCCl. The smallest absolute Gasteiger partial charge is 0.224 e. The molecule has 0 atom stereocenters. The normalized spacial score (nSPS) is 10.2. The monoisotopic (exact) mass is 304 g/mol. The lowest BCUT2D eigenvalue weighted by molar-refractivity contribution is -0.116. The molecule has 0 radical (unpaired) electrons. The van der Waals surface area contributed by atoms with Gasteiger partial charge in [-0.25, -0.2) is 4.98 Å². The number of nitrogens with one attached hydrogen (secondary N) is 1. The van der Waals surface area contributed by atoms with E-state index in [1.807, 2.05) is 13.0 Å². The second-order valence-corrected chi connectivity index (χ2v) is 4.65. The maximum atomic E-state index is 11.5. The number of hydrogen-bond donors (Lipinski definition) is 1. The Balaban J connectivity index is 2.49. The molecule has 1 aromatic rings. The Labute approximate surface area is 109 Å². The van der Waals surface area contributed by atoms with Gasteiger partial charge in [0.05, 0.1) is 11.4 Å². The van der Waals surface area contributed by atoms with E-state index in [9.17, 15) is 4.79 Å². The molecular formula is C11H14BrClN2O. The number of alkyl halides is 1. The average Bonchev–Trinajstić information content (AvgIpc) is 2.23. The lowest BCUT2D eigenvalue weighted by Gasteiger charge is -2.07. The zero-order chi connectivity index (χ0) is 12.0. The molecule has 0 aromatic carbocycles. The van der Waals surface area contributed by atoms with Crippen LogP contribution in [0.3, 0.4) is 0 Å². The van der Waals surface area contributed by atoms with E-state index >= 15 is 0 Å². The lowest BCUT2D eigenvalue weighted by atomic mass is 10.2. The third-order valence-electron chi connectivity index (χ3n) is 2.11. The van der Waals surface area contributed by atoms with Gasteiger partial charge in [0.15, 0.2) is 0 Å². The van der Waals surface area contributed by atoms with Gasteiger partial charge in [-0.3, -0.25) is 4.79 Å². The first-order valence-corrected chi connectivity index (χ1v) is 6.45. The minimum Gasteiger partial charge on any atom is -0.325 e. The largest absolute Gasteiger partial charge is 0.325 e. The highest BCUT2D eigenvalue weighted by Gasteiger charge is 2.05. The Bertz CT molecular complexity index is 371. The van der Waals surface area contributed by atoms with Crippen LogP contribution in [0.1, 0.15) is 25.0 Å². The molecule has 0 unspecified atom stereocenters. The molecule has 0 bridgehead atoms. The Morgan fingerprint density at radius 1 is 1.50 bits per heavy atom. The predicted octanol–water partition coefficient (Wildman–Crippen LogP) is 3.50. The van der Waals surface area contributed by atoms with Gasteiger partial charge in [-0.05, 0) is 47.8 Å². The summed E-state index contributed by atoms with van der Waals surface area (Å²) in [5.41, 5.74) is 1.57. The van der Waals surface area contributed by atoms with Crippen molar-refractivity contribution in [2.75, 3.05) is 11.2 Å². The zero-order valence-electron chi connectivity index (χ0n) is 9.09. The van der Waals surface area contributed by atoms with Crippen LogP contribution in [0.2, 0.25) is 0 Å². The molecule has 5 heteroatoms. The molecule has 1 N–H and O–H groups in total. The third-order valence-corrected chi connectivity index (χ3v) is 2.82. The van der Waals surface area contributed by atoms with Crippen molar-refractivity contribution in [3.8, 4) is 0 Å². The van der Waals surface area contributed by atoms with Crippen LogP contribution in [-0.4, -0.2) is 16.8 Å². The van der Waals surface area contributed by atoms with E-state index in [0.29, 0.717) is 12.3 Å². The van der Waals surface area contributed by atoms with Gasteiger partial charge in [-0.15, -0.1) is 11.6 Å². The summed E-state index contributed by atoms with van der Waals surface area (Å²) in [4.78, 5) is 15.7. The maximum Gasteiger partial charge on any atom is 0.224 e. The summed E-state index contributed by atoms with van der Waals surface area (Å²) in [6.45, 7) is 1.86. The Hall–Kier alpha value is -0.610. The van der Waals surface area contributed by atoms with E-state index in [4.69, 9.17) is 11.6 Å². The van der Waals surface area contributed by atoms with Crippen LogP contribution < -0.4 is 5.32 Å². The van der Waals surface area contributed by atoms with Gasteiger partial charge < -0.3 is 5.32 Å². The van der Waals surface area contributed by atoms with E-state index in [-0.39, 0.29) is 5.91 Å². The topological polar surface area (TPSA) is 42.0 Å². The molecule has 1 amide bonds. The first-order valence-electron chi connectivity index (χ1n) is 5.12. The number of aromatic nitrogens is 1. The molecule has 1 rings (SSSR count). The van der Waals surface area contributed by atoms with Gasteiger partial charge in [-0.2, -0.15) is 0 Å². The molecule has 1 heterocycles. The summed E-state index contributed by atoms with van der Waals surface area (Å²) in [7, 11) is 0. The molecule has 0 aliphatic carbocycles. The number of rotatable bonds is 5. The van der Waals surface area contributed by atoms with Crippen LogP contribution >= 0.6 is 27.5 Å². The number of aryl methyl sites for hydroxylation is 1. The standard InChI is InChI=1S/C11H14BrClN2O/c1-8-9(5-6-10(12)14-8)15-11(16)4-2-3-7-13/h5-6H,2-4,7H2,1H3,(H,15,16). The number of pyridine rings is 1. The molecule has 0 saturated carbocycles. The first kappa shape index (κ1) is 13.5. The van der Waals surface area contributed by atoms with Crippen molar-refractivity contribution in [2.45, 2.75) is 26.2 Å². The molecule has 0 aliphatic heterocycles. The minimum atomic E-state index is 0.0114. The van der Waals surface area contributed by atoms with Crippen LogP contribution in [0.15, 0.2) is 16.7 Å². The predicted molar refractivity (Wildman–Crippen MR) is 69.9 cm³/mol. The van der Waals surface area contributed by atoms with Gasteiger partial charge >= 0.3 is 0 Å². The molecule has 88 valence electrons. The molecular weight excluding hydrogens is 291 g/mol. The fourth-order valence-corrected chi connectivity index (χ4v) is 1.84. The quantitative estimate of drug-likeness (QED) is 0.514. The highest BCUT2D eigenvalue weighted by atomic mass is 79.9. The number of amides is 1. The van der Waals surface area contributed by atoms with Crippen molar-refractivity contribution in [3.63, 3.8) is 0 Å². The van der Waals surface area contributed by atoms with Crippen molar-refractivity contribution >= 4 is 39.1 Å². The summed E-state index contributed by atoms with van der Waals surface area (Å²) in [5.74, 6) is 0.615. The lowest BCUT2D eigenvalue weighted by Crippen LogP contribution is -2.12. The molecule has 0 fully saturated rings. The fourth-order valence-electron chi connectivity index (χ4n) is 1.26. The Morgan fingerprint density at radius 3 is 2.88 bits per heavy atom. The number of anilines is 1. The first-order chi connectivity index (χ1) is 7.63. The third kappa shape index (κ3) is 4.49. The zero-order valence-corrected chi connectivity index (χ0v) is 11.4. The van der Waals surface area contributed by atoms with E-state index in [1.165, 1.54) is 0 Å². The second kappa shape index (κ2) is 6.86. The average molecular weight is 306 g/mol. The molecule has 0 spiro atoms.